The molecule has 0 aliphatic carbocycles. The number of carboxylic acids is 1. The fourth-order valence-corrected chi connectivity index (χ4v) is 1.89. The van der Waals surface area contributed by atoms with Gasteiger partial charge in [0.1, 0.15) is 5.56 Å². The van der Waals surface area contributed by atoms with Gasteiger partial charge in [-0.25, -0.2) is 18.0 Å². The van der Waals surface area contributed by atoms with Crippen molar-refractivity contribution >= 4 is 11.7 Å². The van der Waals surface area contributed by atoms with E-state index >= 15 is 0 Å². The average molecular weight is 328 g/mol. The molecule has 0 aliphatic rings. The Morgan fingerprint density at radius 2 is 1.78 bits per heavy atom. The van der Waals surface area contributed by atoms with Gasteiger partial charge in [-0.2, -0.15) is 0 Å². The highest BCUT2D eigenvalue weighted by Gasteiger charge is 2.19. The first kappa shape index (κ1) is 16.2. The van der Waals surface area contributed by atoms with E-state index in [-0.39, 0.29) is 5.56 Å². The molecule has 1 aromatic carbocycles. The van der Waals surface area contributed by atoms with E-state index in [1.165, 1.54) is 0 Å². The molecule has 2 rings (SSSR count). The van der Waals surface area contributed by atoms with Gasteiger partial charge in [-0.3, -0.25) is 14.9 Å². The Kier molecular flexibility index (Phi) is 4.16. The van der Waals surface area contributed by atoms with E-state index in [9.17, 15) is 32.9 Å². The van der Waals surface area contributed by atoms with E-state index in [1.807, 2.05) is 0 Å². The summed E-state index contributed by atoms with van der Waals surface area (Å²) in [6, 6.07) is 1.78. The molecule has 0 radical (unpaired) electrons. The van der Waals surface area contributed by atoms with Crippen molar-refractivity contribution in [2.75, 3.05) is 0 Å². The van der Waals surface area contributed by atoms with Gasteiger partial charge >= 0.3 is 5.97 Å². The quantitative estimate of drug-likeness (QED) is 0.525. The molecule has 0 fully saturated rings. The van der Waals surface area contributed by atoms with Crippen LogP contribution in [0.4, 0.5) is 18.9 Å². The lowest BCUT2D eigenvalue weighted by Crippen LogP contribution is -2.27. The molecule has 1 aromatic heterocycles. The molecular weight excluding hydrogens is 321 g/mol. The average Bonchev–Trinajstić information content (AvgIpc) is 2.46. The van der Waals surface area contributed by atoms with Crippen LogP contribution in [0.5, 0.6) is 0 Å². The van der Waals surface area contributed by atoms with Crippen LogP contribution in [0.25, 0.3) is 0 Å². The second-order valence-corrected chi connectivity index (χ2v) is 4.48. The van der Waals surface area contributed by atoms with Crippen molar-refractivity contribution in [1.82, 2.24) is 4.57 Å². The number of nitro groups is 1. The van der Waals surface area contributed by atoms with Gasteiger partial charge in [0, 0.05) is 6.07 Å². The minimum atomic E-state index is -1.70. The van der Waals surface area contributed by atoms with Crippen molar-refractivity contribution < 1.29 is 28.0 Å². The molecule has 1 heterocycles. The molecule has 0 spiro atoms. The molecule has 0 saturated heterocycles. The van der Waals surface area contributed by atoms with Crippen LogP contribution < -0.4 is 5.56 Å². The van der Waals surface area contributed by atoms with Crippen molar-refractivity contribution in [2.24, 2.45) is 0 Å². The predicted molar refractivity (Wildman–Crippen MR) is 69.7 cm³/mol. The summed E-state index contributed by atoms with van der Waals surface area (Å²) in [4.78, 5) is 32.7. The third kappa shape index (κ3) is 3.20. The summed E-state index contributed by atoms with van der Waals surface area (Å²) in [5, 5.41) is 19.7. The normalized spacial score (nSPS) is 10.6. The molecule has 1 N–H and O–H groups in total. The van der Waals surface area contributed by atoms with E-state index in [0.29, 0.717) is 22.8 Å². The minimum absolute atomic E-state index is 0.208. The molecule has 0 aliphatic heterocycles. The molecule has 2 aromatic rings. The van der Waals surface area contributed by atoms with Gasteiger partial charge in [0.15, 0.2) is 17.5 Å². The van der Waals surface area contributed by atoms with Gasteiger partial charge in [-0.1, -0.05) is 0 Å². The number of carbonyl (C=O) groups is 1. The van der Waals surface area contributed by atoms with Crippen molar-refractivity contribution in [3.8, 4) is 0 Å². The first-order chi connectivity index (χ1) is 10.7. The van der Waals surface area contributed by atoms with Gasteiger partial charge in [-0.05, 0) is 17.7 Å². The van der Waals surface area contributed by atoms with E-state index in [0.717, 1.165) is 6.20 Å². The summed E-state index contributed by atoms with van der Waals surface area (Å²) in [5.41, 5.74) is -2.87. The van der Waals surface area contributed by atoms with Crippen LogP contribution >= 0.6 is 0 Å². The maximum atomic E-state index is 13.2. The van der Waals surface area contributed by atoms with Crippen molar-refractivity contribution in [3.63, 3.8) is 0 Å². The van der Waals surface area contributed by atoms with E-state index < -0.39 is 51.7 Å². The second kappa shape index (κ2) is 5.91. The van der Waals surface area contributed by atoms with Crippen LogP contribution in [0.15, 0.2) is 29.2 Å². The smallest absolute Gasteiger partial charge is 0.341 e. The van der Waals surface area contributed by atoms with Crippen molar-refractivity contribution in [3.05, 3.63) is 73.4 Å². The fraction of sp³-hybridized carbons (Fsp3) is 0.0769. The molecule has 120 valence electrons. The molecule has 0 bridgehead atoms. The zero-order chi connectivity index (χ0) is 17.3. The van der Waals surface area contributed by atoms with Gasteiger partial charge in [-0.15, -0.1) is 0 Å². The fourth-order valence-electron chi connectivity index (χ4n) is 1.89. The van der Waals surface area contributed by atoms with Gasteiger partial charge in [0.25, 0.3) is 11.2 Å². The third-order valence-electron chi connectivity index (χ3n) is 2.91. The first-order valence-corrected chi connectivity index (χ1v) is 5.96. The van der Waals surface area contributed by atoms with E-state index in [2.05, 4.69) is 0 Å². The maximum Gasteiger partial charge on any atom is 0.341 e. The van der Waals surface area contributed by atoms with Gasteiger partial charge < -0.3 is 9.67 Å². The Morgan fingerprint density at radius 3 is 2.26 bits per heavy atom. The number of aromatic carboxylic acids is 1. The lowest BCUT2D eigenvalue weighted by Gasteiger charge is -2.08. The first-order valence-electron chi connectivity index (χ1n) is 5.96. The summed E-state index contributed by atoms with van der Waals surface area (Å²) < 4.78 is 39.8. The number of hydrogen-bond donors (Lipinski definition) is 1. The van der Waals surface area contributed by atoms with Crippen LogP contribution in [0.3, 0.4) is 0 Å². The van der Waals surface area contributed by atoms with E-state index in [1.54, 1.807) is 0 Å². The van der Waals surface area contributed by atoms with Crippen LogP contribution in [-0.2, 0) is 6.54 Å². The molecule has 0 unspecified atom stereocenters. The number of carboxylic acid groups (broad SMARTS) is 1. The molecule has 23 heavy (non-hydrogen) atoms. The zero-order valence-electron chi connectivity index (χ0n) is 11.1. The number of nitrogens with zero attached hydrogens (tertiary/aromatic N) is 2. The molecule has 0 saturated carbocycles. The number of hydrogen-bond acceptors (Lipinski definition) is 4. The highest BCUT2D eigenvalue weighted by Crippen LogP contribution is 2.16. The standard InChI is InChI=1S/C13H7F3N2O5/c14-9-1-6(2-10(15)11(9)16)4-17-5-7(18(22)23)3-8(12(17)19)13(20)21/h1-3,5H,4H2,(H,20,21). The number of aromatic nitrogens is 1. The molecule has 7 nitrogen and oxygen atoms in total. The lowest BCUT2D eigenvalue weighted by atomic mass is 10.2. The number of benzene rings is 1. The molecule has 0 atom stereocenters. The summed E-state index contributed by atoms with van der Waals surface area (Å²) >= 11 is 0. The maximum absolute atomic E-state index is 13.2. The third-order valence-corrected chi connectivity index (χ3v) is 2.91. The number of halogens is 3. The predicted octanol–water partition coefficient (Wildman–Crippen LogP) is 1.92. The van der Waals surface area contributed by atoms with Crippen LogP contribution in [-0.4, -0.2) is 20.6 Å². The summed E-state index contributed by atoms with van der Waals surface area (Å²) in [6.07, 6.45) is 0.730. The zero-order valence-corrected chi connectivity index (χ0v) is 11.1. The highest BCUT2D eigenvalue weighted by atomic mass is 19.2. The Morgan fingerprint density at radius 1 is 1.22 bits per heavy atom. The Bertz CT molecular complexity index is 855. The second-order valence-electron chi connectivity index (χ2n) is 4.48. The van der Waals surface area contributed by atoms with E-state index in [4.69, 9.17) is 5.11 Å². The van der Waals surface area contributed by atoms with Crippen LogP contribution in [0.1, 0.15) is 15.9 Å². The molecule has 0 amide bonds. The topological polar surface area (TPSA) is 102 Å². The van der Waals surface area contributed by atoms with Gasteiger partial charge in [0.2, 0.25) is 0 Å². The Labute approximate surface area is 125 Å². The van der Waals surface area contributed by atoms with Crippen LogP contribution in [0.2, 0.25) is 0 Å². The number of pyridine rings is 1. The lowest BCUT2D eigenvalue weighted by molar-refractivity contribution is -0.385. The molecular formula is C13H7F3N2O5. The monoisotopic (exact) mass is 328 g/mol. The Balaban J connectivity index is 2.57. The molecule has 10 heteroatoms. The number of rotatable bonds is 4. The van der Waals surface area contributed by atoms with Crippen molar-refractivity contribution in [1.29, 1.82) is 0 Å². The highest BCUT2D eigenvalue weighted by molar-refractivity contribution is 5.87. The minimum Gasteiger partial charge on any atom is -0.477 e. The SMILES string of the molecule is O=C(O)c1cc([N+](=O)[O-])cn(Cc2cc(F)c(F)c(F)c2)c1=O. The van der Waals surface area contributed by atoms with Crippen molar-refractivity contribution in [2.45, 2.75) is 6.54 Å². The summed E-state index contributed by atoms with van der Waals surface area (Å²) in [7, 11) is 0. The largest absolute Gasteiger partial charge is 0.477 e. The van der Waals surface area contributed by atoms with Crippen LogP contribution in [0, 0.1) is 27.6 Å². The summed E-state index contributed by atoms with van der Waals surface area (Å²) in [6.45, 7) is -0.574. The Hall–Kier alpha value is -3.17. The van der Waals surface area contributed by atoms with Gasteiger partial charge in [0.05, 0.1) is 17.7 Å². The summed E-state index contributed by atoms with van der Waals surface area (Å²) in [5.74, 6) is -6.40.